The Kier molecular flexibility index (Phi) is 6.09. The zero-order valence-electron chi connectivity index (χ0n) is 17.9. The Morgan fingerprint density at radius 1 is 0.968 bits per heavy atom. The standard InChI is InChI=1S/C24H27N3O3S/c1-18-7-8-19(2)23(15-18)31(29,30)27-13-11-26(12-14-27)17-24(28)25-22-10-9-20-5-3-4-6-21(20)16-22/h3-10,15-16H,11-14,17H2,1-2H3,(H,25,28)/p+1. The molecule has 6 nitrogen and oxygen atoms in total. The van der Waals surface area contributed by atoms with Crippen molar-refractivity contribution in [1.29, 1.82) is 0 Å². The fourth-order valence-electron chi connectivity index (χ4n) is 4.04. The highest BCUT2D eigenvalue weighted by atomic mass is 32.2. The smallest absolute Gasteiger partial charge is 0.279 e. The van der Waals surface area contributed by atoms with Crippen molar-refractivity contribution in [3.63, 3.8) is 0 Å². The number of hydrogen-bond donors (Lipinski definition) is 2. The van der Waals surface area contributed by atoms with Crippen LogP contribution in [0.25, 0.3) is 10.8 Å². The fraction of sp³-hybridized carbons (Fsp3) is 0.292. The Morgan fingerprint density at radius 3 is 2.42 bits per heavy atom. The molecule has 3 aromatic rings. The van der Waals surface area contributed by atoms with Gasteiger partial charge in [0.15, 0.2) is 6.54 Å². The summed E-state index contributed by atoms with van der Waals surface area (Å²) in [5, 5.41) is 5.18. The van der Waals surface area contributed by atoms with Gasteiger partial charge in [0.1, 0.15) is 0 Å². The maximum atomic E-state index is 13.1. The van der Waals surface area contributed by atoms with Gasteiger partial charge in [-0.25, -0.2) is 8.42 Å². The number of sulfonamides is 1. The lowest BCUT2D eigenvalue weighted by molar-refractivity contribution is -0.895. The minimum atomic E-state index is -3.52. The van der Waals surface area contributed by atoms with Gasteiger partial charge in [0.05, 0.1) is 31.1 Å². The van der Waals surface area contributed by atoms with E-state index in [1.807, 2.05) is 68.4 Å². The monoisotopic (exact) mass is 438 g/mol. The van der Waals surface area contributed by atoms with Crippen LogP contribution in [0.1, 0.15) is 11.1 Å². The zero-order chi connectivity index (χ0) is 22.0. The van der Waals surface area contributed by atoms with Crippen molar-refractivity contribution in [2.24, 2.45) is 0 Å². The van der Waals surface area contributed by atoms with Crippen LogP contribution in [0.15, 0.2) is 65.6 Å². The van der Waals surface area contributed by atoms with Gasteiger partial charge in [0.2, 0.25) is 10.0 Å². The van der Waals surface area contributed by atoms with Gasteiger partial charge < -0.3 is 10.2 Å². The van der Waals surface area contributed by atoms with E-state index in [0.29, 0.717) is 37.6 Å². The first-order valence-corrected chi connectivity index (χ1v) is 12.0. The van der Waals surface area contributed by atoms with E-state index in [1.165, 1.54) is 0 Å². The highest BCUT2D eigenvalue weighted by Gasteiger charge is 2.32. The van der Waals surface area contributed by atoms with Crippen molar-refractivity contribution >= 4 is 32.4 Å². The van der Waals surface area contributed by atoms with Gasteiger partial charge in [0, 0.05) is 5.69 Å². The summed E-state index contributed by atoms with van der Waals surface area (Å²) in [6.45, 7) is 6.08. The normalized spacial score (nSPS) is 15.8. The quantitative estimate of drug-likeness (QED) is 0.640. The van der Waals surface area contributed by atoms with Crippen LogP contribution < -0.4 is 10.2 Å². The van der Waals surface area contributed by atoms with E-state index in [1.54, 1.807) is 10.4 Å². The third-order valence-corrected chi connectivity index (χ3v) is 7.88. The number of amides is 1. The number of hydrogen-bond acceptors (Lipinski definition) is 3. The van der Waals surface area contributed by atoms with Crippen molar-refractivity contribution in [1.82, 2.24) is 4.31 Å². The van der Waals surface area contributed by atoms with E-state index >= 15 is 0 Å². The van der Waals surface area contributed by atoms with Crippen LogP contribution in [0, 0.1) is 13.8 Å². The highest BCUT2D eigenvalue weighted by Crippen LogP contribution is 2.21. The van der Waals surface area contributed by atoms with E-state index in [9.17, 15) is 13.2 Å². The van der Waals surface area contributed by atoms with E-state index < -0.39 is 10.0 Å². The summed E-state index contributed by atoms with van der Waals surface area (Å²) in [6, 6.07) is 19.4. The number of fused-ring (bicyclic) bond motifs is 1. The lowest BCUT2D eigenvalue weighted by atomic mass is 10.1. The summed E-state index contributed by atoms with van der Waals surface area (Å²) in [7, 11) is -3.52. The van der Waals surface area contributed by atoms with E-state index in [4.69, 9.17) is 0 Å². The predicted molar refractivity (Wildman–Crippen MR) is 123 cm³/mol. The minimum Gasteiger partial charge on any atom is -0.325 e. The molecule has 0 aromatic heterocycles. The topological polar surface area (TPSA) is 70.9 Å². The molecule has 0 radical (unpaired) electrons. The van der Waals surface area contributed by atoms with Gasteiger partial charge in [-0.3, -0.25) is 4.79 Å². The molecule has 1 fully saturated rings. The van der Waals surface area contributed by atoms with Crippen molar-refractivity contribution < 1.29 is 18.1 Å². The molecule has 1 aliphatic rings. The number of nitrogens with one attached hydrogen (secondary N) is 2. The third-order valence-electron chi connectivity index (χ3n) is 5.83. The summed E-state index contributed by atoms with van der Waals surface area (Å²) in [5.41, 5.74) is 2.47. The molecule has 162 valence electrons. The number of quaternary nitrogens is 1. The Labute approximate surface area is 183 Å². The number of carbonyl (C=O) groups excluding carboxylic acids is 1. The van der Waals surface area contributed by atoms with Gasteiger partial charge in [-0.15, -0.1) is 0 Å². The second-order valence-electron chi connectivity index (χ2n) is 8.21. The SMILES string of the molecule is Cc1ccc(C)c(S(=O)(=O)N2CC[NH+](CC(=O)Nc3ccc4ccccc4c3)CC2)c1. The molecular weight excluding hydrogens is 410 g/mol. The van der Waals surface area contributed by atoms with Crippen LogP contribution in [0.5, 0.6) is 0 Å². The van der Waals surface area contributed by atoms with Crippen LogP contribution in [-0.4, -0.2) is 51.4 Å². The van der Waals surface area contributed by atoms with Crippen molar-refractivity contribution in [3.8, 4) is 0 Å². The van der Waals surface area contributed by atoms with Crippen molar-refractivity contribution in [2.75, 3.05) is 38.0 Å². The largest absolute Gasteiger partial charge is 0.325 e. The highest BCUT2D eigenvalue weighted by molar-refractivity contribution is 7.89. The van der Waals surface area contributed by atoms with Crippen molar-refractivity contribution in [2.45, 2.75) is 18.7 Å². The minimum absolute atomic E-state index is 0.0592. The van der Waals surface area contributed by atoms with Gasteiger partial charge in [-0.2, -0.15) is 4.31 Å². The molecule has 2 N–H and O–H groups in total. The van der Waals surface area contributed by atoms with E-state index in [0.717, 1.165) is 32.5 Å². The molecule has 3 aromatic carbocycles. The van der Waals surface area contributed by atoms with Gasteiger partial charge in [-0.1, -0.05) is 42.5 Å². The summed E-state index contributed by atoms with van der Waals surface area (Å²) < 4.78 is 27.7. The molecule has 0 atom stereocenters. The average Bonchev–Trinajstić information content (AvgIpc) is 2.75. The molecular formula is C24H28N3O3S+. The molecule has 0 aliphatic carbocycles. The van der Waals surface area contributed by atoms with E-state index in [2.05, 4.69) is 5.32 Å². The van der Waals surface area contributed by atoms with Gasteiger partial charge in [0.25, 0.3) is 5.91 Å². The van der Waals surface area contributed by atoms with Gasteiger partial charge in [-0.05, 0) is 53.9 Å². The zero-order valence-corrected chi connectivity index (χ0v) is 18.7. The summed E-state index contributed by atoms with van der Waals surface area (Å²) >= 11 is 0. The first kappa shape index (κ1) is 21.5. The third kappa shape index (κ3) is 4.79. The van der Waals surface area contributed by atoms with Crippen LogP contribution in [0.4, 0.5) is 5.69 Å². The molecule has 1 saturated heterocycles. The molecule has 0 unspecified atom stereocenters. The molecule has 1 amide bonds. The van der Waals surface area contributed by atoms with Crippen LogP contribution in [0.2, 0.25) is 0 Å². The second kappa shape index (κ2) is 8.78. The molecule has 0 saturated carbocycles. The number of carbonyl (C=O) groups is 1. The first-order chi connectivity index (χ1) is 14.8. The number of rotatable bonds is 5. The molecule has 4 rings (SSSR count). The fourth-order valence-corrected chi connectivity index (χ4v) is 5.79. The van der Waals surface area contributed by atoms with Crippen LogP contribution >= 0.6 is 0 Å². The van der Waals surface area contributed by atoms with Crippen LogP contribution in [-0.2, 0) is 14.8 Å². The lowest BCUT2D eigenvalue weighted by Crippen LogP contribution is -3.15. The maximum Gasteiger partial charge on any atom is 0.279 e. The summed E-state index contributed by atoms with van der Waals surface area (Å²) in [4.78, 5) is 14.0. The molecule has 1 aliphatic heterocycles. The van der Waals surface area contributed by atoms with Crippen LogP contribution in [0.3, 0.4) is 0 Å². The molecule has 7 heteroatoms. The number of aryl methyl sites for hydroxylation is 2. The second-order valence-corrected chi connectivity index (χ2v) is 10.1. The Morgan fingerprint density at radius 2 is 1.68 bits per heavy atom. The molecule has 0 bridgehead atoms. The number of piperazine rings is 1. The Bertz CT molecular complexity index is 1220. The molecule has 1 heterocycles. The first-order valence-electron chi connectivity index (χ1n) is 10.5. The number of anilines is 1. The number of nitrogens with zero attached hydrogens (tertiary/aromatic N) is 1. The lowest BCUT2D eigenvalue weighted by Gasteiger charge is -2.31. The Balaban J connectivity index is 1.35. The summed E-state index contributed by atoms with van der Waals surface area (Å²) in [5.74, 6) is -0.0592. The van der Waals surface area contributed by atoms with Gasteiger partial charge >= 0.3 is 0 Å². The molecule has 31 heavy (non-hydrogen) atoms. The summed E-state index contributed by atoms with van der Waals surface area (Å²) in [6.07, 6.45) is 0. The predicted octanol–water partition coefficient (Wildman–Crippen LogP) is 1.98. The average molecular weight is 439 g/mol. The van der Waals surface area contributed by atoms with E-state index in [-0.39, 0.29) is 5.91 Å². The maximum absolute atomic E-state index is 13.1. The Hall–Kier alpha value is -2.74. The number of benzene rings is 3. The van der Waals surface area contributed by atoms with Crippen molar-refractivity contribution in [3.05, 3.63) is 71.8 Å². The molecule has 0 spiro atoms.